The summed E-state index contributed by atoms with van der Waals surface area (Å²) in [5.41, 5.74) is 1.59. The number of hydrogen-bond acceptors (Lipinski definition) is 0. The zero-order valence-electron chi connectivity index (χ0n) is 5.78. The Morgan fingerprint density at radius 3 is 2.75 bits per heavy atom. The van der Waals surface area contributed by atoms with Gasteiger partial charge < -0.3 is 0 Å². The maximum atomic E-state index is 2.36. The Morgan fingerprint density at radius 1 is 1.62 bits per heavy atom. The highest BCUT2D eigenvalue weighted by molar-refractivity contribution is 5.02. The summed E-state index contributed by atoms with van der Waals surface area (Å²) < 4.78 is 0. The highest BCUT2D eigenvalue weighted by Gasteiger charge is 2.05. The molecule has 0 N–H and O–H groups in total. The molecule has 0 saturated carbocycles. The minimum absolute atomic E-state index is 0.944. The van der Waals surface area contributed by atoms with Crippen molar-refractivity contribution in [2.75, 3.05) is 0 Å². The standard InChI is InChI=1S/C8H14/c1-7-4-3-5-8(2)6-7/h4,8H,3,5-6H2,1-2H3/t8-/m1/s1. The van der Waals surface area contributed by atoms with Gasteiger partial charge in [-0.3, -0.25) is 0 Å². The molecule has 0 nitrogen and oxygen atoms in total. The van der Waals surface area contributed by atoms with Crippen molar-refractivity contribution < 1.29 is 0 Å². The zero-order chi connectivity index (χ0) is 5.98. The molecule has 1 rings (SSSR count). The third-order valence-corrected chi connectivity index (χ3v) is 1.82. The third kappa shape index (κ3) is 1.36. The molecule has 0 radical (unpaired) electrons. The fourth-order valence-electron chi connectivity index (χ4n) is 1.35. The van der Waals surface area contributed by atoms with Crippen molar-refractivity contribution in [2.45, 2.75) is 33.1 Å². The van der Waals surface area contributed by atoms with Crippen molar-refractivity contribution >= 4 is 0 Å². The van der Waals surface area contributed by atoms with E-state index in [1.165, 1.54) is 19.3 Å². The average molecular weight is 110 g/mol. The molecule has 1 aliphatic carbocycles. The van der Waals surface area contributed by atoms with Crippen molar-refractivity contribution in [3.05, 3.63) is 11.6 Å². The van der Waals surface area contributed by atoms with Crippen molar-refractivity contribution in [1.29, 1.82) is 0 Å². The lowest BCUT2D eigenvalue weighted by Crippen LogP contribution is -1.99. The molecule has 46 valence electrons. The molecule has 0 heteroatoms. The van der Waals surface area contributed by atoms with Gasteiger partial charge in [0.2, 0.25) is 0 Å². The maximum Gasteiger partial charge on any atom is -0.0297 e. The lowest BCUT2D eigenvalue weighted by atomic mass is 9.91. The lowest BCUT2D eigenvalue weighted by molar-refractivity contribution is 0.510. The van der Waals surface area contributed by atoms with E-state index in [0.29, 0.717) is 0 Å². The Balaban J connectivity index is 2.45. The fourth-order valence-corrected chi connectivity index (χ4v) is 1.35. The van der Waals surface area contributed by atoms with Crippen LogP contribution in [-0.4, -0.2) is 0 Å². The van der Waals surface area contributed by atoms with Crippen LogP contribution in [0.5, 0.6) is 0 Å². The first-order valence-electron chi connectivity index (χ1n) is 3.44. The molecule has 0 bridgehead atoms. The molecule has 8 heavy (non-hydrogen) atoms. The summed E-state index contributed by atoms with van der Waals surface area (Å²) in [7, 11) is 0. The van der Waals surface area contributed by atoms with Gasteiger partial charge in [0.15, 0.2) is 0 Å². The van der Waals surface area contributed by atoms with Gasteiger partial charge in [-0.2, -0.15) is 0 Å². The molecular formula is C8H14. The van der Waals surface area contributed by atoms with Crippen LogP contribution in [0.4, 0.5) is 0 Å². The van der Waals surface area contributed by atoms with Crippen LogP contribution in [0.2, 0.25) is 0 Å². The molecular weight excluding hydrogens is 96.1 g/mol. The van der Waals surface area contributed by atoms with Crippen LogP contribution in [0.1, 0.15) is 33.1 Å². The third-order valence-electron chi connectivity index (χ3n) is 1.82. The van der Waals surface area contributed by atoms with Crippen LogP contribution in [0, 0.1) is 5.92 Å². The molecule has 0 saturated heterocycles. The van der Waals surface area contributed by atoms with Gasteiger partial charge in [-0.25, -0.2) is 0 Å². The van der Waals surface area contributed by atoms with Gasteiger partial charge in [-0.15, -0.1) is 0 Å². The van der Waals surface area contributed by atoms with E-state index in [0.717, 1.165) is 5.92 Å². The van der Waals surface area contributed by atoms with Gasteiger partial charge in [0, 0.05) is 0 Å². The molecule has 0 unspecified atom stereocenters. The molecule has 0 aromatic rings. The topological polar surface area (TPSA) is 0 Å². The molecule has 0 spiro atoms. The number of hydrogen-bond donors (Lipinski definition) is 0. The molecule has 1 atom stereocenters. The van der Waals surface area contributed by atoms with Crippen LogP contribution in [-0.2, 0) is 0 Å². The molecule has 0 aromatic heterocycles. The van der Waals surface area contributed by atoms with E-state index in [1.54, 1.807) is 5.57 Å². The summed E-state index contributed by atoms with van der Waals surface area (Å²) in [6, 6.07) is 0. The Bertz CT molecular complexity index is 101. The Kier molecular flexibility index (Phi) is 1.72. The molecule has 0 amide bonds. The van der Waals surface area contributed by atoms with Crippen LogP contribution >= 0.6 is 0 Å². The minimum Gasteiger partial charge on any atom is -0.0856 e. The van der Waals surface area contributed by atoms with Crippen molar-refractivity contribution in [3.8, 4) is 0 Å². The number of allylic oxidation sites excluding steroid dienone is 2. The highest BCUT2D eigenvalue weighted by Crippen LogP contribution is 2.22. The Hall–Kier alpha value is -0.260. The van der Waals surface area contributed by atoms with Crippen LogP contribution in [0.25, 0.3) is 0 Å². The van der Waals surface area contributed by atoms with Crippen molar-refractivity contribution in [2.24, 2.45) is 5.92 Å². The SMILES string of the molecule is CC1=CCC[C@@H](C)C1. The van der Waals surface area contributed by atoms with E-state index >= 15 is 0 Å². The Labute approximate surface area is 51.6 Å². The van der Waals surface area contributed by atoms with Crippen LogP contribution in [0.15, 0.2) is 11.6 Å². The molecule has 1 aliphatic rings. The molecule has 0 heterocycles. The van der Waals surface area contributed by atoms with E-state index in [1.807, 2.05) is 0 Å². The summed E-state index contributed by atoms with van der Waals surface area (Å²) in [4.78, 5) is 0. The quantitative estimate of drug-likeness (QED) is 0.420. The summed E-state index contributed by atoms with van der Waals surface area (Å²) >= 11 is 0. The molecule has 0 fully saturated rings. The van der Waals surface area contributed by atoms with E-state index < -0.39 is 0 Å². The minimum atomic E-state index is 0.944. The second-order valence-corrected chi connectivity index (χ2v) is 2.94. The maximum absolute atomic E-state index is 2.36. The summed E-state index contributed by atoms with van der Waals surface area (Å²) in [6.07, 6.45) is 6.41. The highest BCUT2D eigenvalue weighted by atomic mass is 14.1. The first kappa shape index (κ1) is 5.87. The normalized spacial score (nSPS) is 29.8. The summed E-state index contributed by atoms with van der Waals surface area (Å²) in [6.45, 7) is 4.56. The first-order chi connectivity index (χ1) is 3.79. The summed E-state index contributed by atoms with van der Waals surface area (Å²) in [5.74, 6) is 0.944. The molecule has 0 aliphatic heterocycles. The van der Waals surface area contributed by atoms with Gasteiger partial charge in [0.25, 0.3) is 0 Å². The molecule has 0 aromatic carbocycles. The fraction of sp³-hybridized carbons (Fsp3) is 0.750. The van der Waals surface area contributed by atoms with Crippen molar-refractivity contribution in [1.82, 2.24) is 0 Å². The second-order valence-electron chi connectivity index (χ2n) is 2.94. The average Bonchev–Trinajstić information content (AvgIpc) is 1.64. The summed E-state index contributed by atoms with van der Waals surface area (Å²) in [5, 5.41) is 0. The van der Waals surface area contributed by atoms with Gasteiger partial charge in [0.1, 0.15) is 0 Å². The first-order valence-corrected chi connectivity index (χ1v) is 3.44. The second kappa shape index (κ2) is 2.34. The lowest BCUT2D eigenvalue weighted by Gasteiger charge is -2.15. The van der Waals surface area contributed by atoms with E-state index in [2.05, 4.69) is 19.9 Å². The zero-order valence-corrected chi connectivity index (χ0v) is 5.78. The van der Waals surface area contributed by atoms with Crippen molar-refractivity contribution in [3.63, 3.8) is 0 Å². The smallest absolute Gasteiger partial charge is 0.0297 e. The van der Waals surface area contributed by atoms with Gasteiger partial charge in [-0.1, -0.05) is 18.6 Å². The van der Waals surface area contributed by atoms with Crippen LogP contribution in [0.3, 0.4) is 0 Å². The van der Waals surface area contributed by atoms with Crippen LogP contribution < -0.4 is 0 Å². The van der Waals surface area contributed by atoms with Gasteiger partial charge in [0.05, 0.1) is 0 Å². The van der Waals surface area contributed by atoms with E-state index in [4.69, 9.17) is 0 Å². The Morgan fingerprint density at radius 2 is 2.38 bits per heavy atom. The van der Waals surface area contributed by atoms with Gasteiger partial charge >= 0.3 is 0 Å². The number of rotatable bonds is 0. The van der Waals surface area contributed by atoms with E-state index in [-0.39, 0.29) is 0 Å². The monoisotopic (exact) mass is 110 g/mol. The van der Waals surface area contributed by atoms with Gasteiger partial charge in [-0.05, 0) is 32.1 Å². The largest absolute Gasteiger partial charge is 0.0856 e. The predicted octanol–water partition coefficient (Wildman–Crippen LogP) is 2.75. The predicted molar refractivity (Wildman–Crippen MR) is 36.8 cm³/mol. The van der Waals surface area contributed by atoms with E-state index in [9.17, 15) is 0 Å².